The maximum absolute atomic E-state index is 13.3. The van der Waals surface area contributed by atoms with Gasteiger partial charge < -0.3 is 9.64 Å². The van der Waals surface area contributed by atoms with E-state index >= 15 is 0 Å². The third-order valence-electron chi connectivity index (χ3n) is 7.58. The molecule has 26 heavy (non-hydrogen) atoms. The summed E-state index contributed by atoms with van der Waals surface area (Å²) in [5, 5.41) is 0. The van der Waals surface area contributed by atoms with Crippen LogP contribution >= 0.6 is 0 Å². The number of benzene rings is 1. The molecule has 1 saturated heterocycles. The van der Waals surface area contributed by atoms with Crippen molar-refractivity contribution in [3.63, 3.8) is 0 Å². The fraction of sp³-hybridized carbons (Fsp3) is 0.696. The Labute approximate surface area is 157 Å². The summed E-state index contributed by atoms with van der Waals surface area (Å²) in [5.41, 5.74) is 3.31. The van der Waals surface area contributed by atoms with Crippen LogP contribution in [0.4, 0.5) is 5.69 Å². The molecule has 0 amide bonds. The topological polar surface area (TPSA) is 29.5 Å². The molecule has 0 aromatic heterocycles. The fourth-order valence-electron chi connectivity index (χ4n) is 6.81. The average molecular weight is 354 g/mol. The Morgan fingerprint density at radius 2 is 1.46 bits per heavy atom. The van der Waals surface area contributed by atoms with Gasteiger partial charge in [-0.05, 0) is 106 Å². The first-order valence-corrected chi connectivity index (χ1v) is 10.6. The van der Waals surface area contributed by atoms with Gasteiger partial charge >= 0.3 is 5.97 Å². The smallest absolute Gasteiger partial charge is 0.317 e. The van der Waals surface area contributed by atoms with Crippen molar-refractivity contribution in [1.82, 2.24) is 0 Å². The number of rotatable bonds is 3. The maximum atomic E-state index is 13.3. The van der Waals surface area contributed by atoms with Gasteiger partial charge in [-0.25, -0.2) is 0 Å². The first-order chi connectivity index (χ1) is 12.5. The second kappa shape index (κ2) is 6.00. The third kappa shape index (κ3) is 2.66. The van der Waals surface area contributed by atoms with Crippen LogP contribution < -0.4 is 9.64 Å². The van der Waals surface area contributed by atoms with Gasteiger partial charge in [-0.15, -0.1) is 0 Å². The number of hydrogen-bond acceptors (Lipinski definition) is 3. The zero-order chi connectivity index (χ0) is 17.9. The van der Waals surface area contributed by atoms with E-state index in [9.17, 15) is 4.79 Å². The van der Waals surface area contributed by atoms with Crippen molar-refractivity contribution in [2.24, 2.45) is 23.2 Å². The van der Waals surface area contributed by atoms with Crippen LogP contribution in [-0.4, -0.2) is 19.1 Å². The van der Waals surface area contributed by atoms with Crippen LogP contribution in [-0.2, 0) is 4.79 Å². The molecular formula is C23H31NO2. The van der Waals surface area contributed by atoms with Crippen LogP contribution in [0.3, 0.4) is 0 Å². The Balaban J connectivity index is 1.38. The molecule has 0 spiro atoms. The van der Waals surface area contributed by atoms with Crippen molar-refractivity contribution in [2.75, 3.05) is 18.0 Å². The maximum Gasteiger partial charge on any atom is 0.317 e. The van der Waals surface area contributed by atoms with Crippen molar-refractivity contribution in [3.8, 4) is 5.75 Å². The summed E-state index contributed by atoms with van der Waals surface area (Å²) in [7, 11) is 0. The summed E-state index contributed by atoms with van der Waals surface area (Å²) < 4.78 is 6.12. The van der Waals surface area contributed by atoms with Gasteiger partial charge in [0.15, 0.2) is 0 Å². The molecule has 1 aromatic rings. The van der Waals surface area contributed by atoms with Gasteiger partial charge in [0.1, 0.15) is 5.75 Å². The number of esters is 1. The first-order valence-electron chi connectivity index (χ1n) is 10.6. The number of nitrogens with zero attached hydrogens (tertiary/aromatic N) is 1. The molecule has 1 aliphatic heterocycles. The van der Waals surface area contributed by atoms with E-state index in [1.165, 1.54) is 37.8 Å². The zero-order valence-corrected chi connectivity index (χ0v) is 16.2. The lowest BCUT2D eigenvalue weighted by Crippen LogP contribution is -2.51. The minimum atomic E-state index is -0.179. The molecule has 1 heterocycles. The van der Waals surface area contributed by atoms with Crippen molar-refractivity contribution >= 4 is 11.7 Å². The molecule has 1 aromatic carbocycles. The van der Waals surface area contributed by atoms with Crippen molar-refractivity contribution in [2.45, 2.75) is 65.2 Å². The van der Waals surface area contributed by atoms with Crippen LogP contribution in [0, 0.1) is 37.0 Å². The molecule has 5 fully saturated rings. The molecule has 140 valence electrons. The van der Waals surface area contributed by atoms with Gasteiger partial charge in [0.05, 0.1) is 5.41 Å². The lowest BCUT2D eigenvalue weighted by Gasteiger charge is -2.55. The van der Waals surface area contributed by atoms with E-state index in [1.807, 2.05) is 0 Å². The molecule has 4 aliphatic carbocycles. The molecule has 4 saturated carbocycles. The van der Waals surface area contributed by atoms with Crippen LogP contribution in [0.2, 0.25) is 0 Å². The van der Waals surface area contributed by atoms with Gasteiger partial charge in [0.2, 0.25) is 0 Å². The van der Waals surface area contributed by atoms with E-state index in [4.69, 9.17) is 4.74 Å². The molecule has 0 radical (unpaired) electrons. The third-order valence-corrected chi connectivity index (χ3v) is 7.58. The Kier molecular flexibility index (Phi) is 3.84. The van der Waals surface area contributed by atoms with Crippen molar-refractivity contribution in [1.29, 1.82) is 0 Å². The van der Waals surface area contributed by atoms with Gasteiger partial charge in [0, 0.05) is 18.8 Å². The minimum Gasteiger partial charge on any atom is -0.426 e. The van der Waals surface area contributed by atoms with E-state index < -0.39 is 0 Å². The number of ether oxygens (including phenoxy) is 1. The Hall–Kier alpha value is -1.51. The molecule has 0 N–H and O–H groups in total. The first kappa shape index (κ1) is 16.6. The summed E-state index contributed by atoms with van der Waals surface area (Å²) in [4.78, 5) is 15.7. The number of carbonyl (C=O) groups is 1. The van der Waals surface area contributed by atoms with Gasteiger partial charge in [-0.3, -0.25) is 4.79 Å². The SMILES string of the molecule is Cc1cc(N2CCCC2)cc(C)c1OC(=O)C12CC3CC(CC(C3)C1)C2. The standard InChI is InChI=1S/C23H31NO2/c1-15-7-20(24-5-3-4-6-24)8-16(2)21(15)26-22(25)23-12-17-9-18(13-23)11-19(10-17)14-23/h7-8,17-19H,3-6,9-14H2,1-2H3. The van der Waals surface area contributed by atoms with Gasteiger partial charge in [0.25, 0.3) is 0 Å². The highest BCUT2D eigenvalue weighted by Gasteiger charge is 2.55. The summed E-state index contributed by atoms with van der Waals surface area (Å²) in [6, 6.07) is 4.42. The predicted octanol–water partition coefficient (Wildman–Crippen LogP) is 5.03. The van der Waals surface area contributed by atoms with E-state index in [-0.39, 0.29) is 11.4 Å². The Bertz CT molecular complexity index is 673. The summed E-state index contributed by atoms with van der Waals surface area (Å²) in [6.45, 7) is 6.47. The quantitative estimate of drug-likeness (QED) is 0.564. The summed E-state index contributed by atoms with van der Waals surface area (Å²) >= 11 is 0. The zero-order valence-electron chi connectivity index (χ0n) is 16.2. The number of aryl methyl sites for hydroxylation is 2. The lowest BCUT2D eigenvalue weighted by molar-refractivity contribution is -0.161. The lowest BCUT2D eigenvalue weighted by atomic mass is 9.49. The highest BCUT2D eigenvalue weighted by Crippen LogP contribution is 2.60. The molecule has 5 aliphatic rings. The number of hydrogen-bond donors (Lipinski definition) is 0. The minimum absolute atomic E-state index is 0.0664. The summed E-state index contributed by atoms with van der Waals surface area (Å²) in [6.07, 6.45) is 9.84. The summed E-state index contributed by atoms with van der Waals surface area (Å²) in [5.74, 6) is 3.20. The molecular weight excluding hydrogens is 322 g/mol. The van der Waals surface area contributed by atoms with Crippen molar-refractivity contribution in [3.05, 3.63) is 23.3 Å². The molecule has 0 unspecified atom stereocenters. The van der Waals surface area contributed by atoms with Gasteiger partial charge in [-0.1, -0.05) is 0 Å². The van der Waals surface area contributed by atoms with E-state index in [1.54, 1.807) is 0 Å². The normalized spacial score (nSPS) is 35.2. The van der Waals surface area contributed by atoms with Crippen LogP contribution in [0.15, 0.2) is 12.1 Å². The Morgan fingerprint density at radius 1 is 0.962 bits per heavy atom. The monoisotopic (exact) mass is 353 g/mol. The predicted molar refractivity (Wildman–Crippen MR) is 104 cm³/mol. The highest BCUT2D eigenvalue weighted by atomic mass is 16.5. The number of anilines is 1. The molecule has 0 atom stereocenters. The van der Waals surface area contributed by atoms with Gasteiger partial charge in [-0.2, -0.15) is 0 Å². The van der Waals surface area contributed by atoms with Crippen LogP contribution in [0.5, 0.6) is 5.75 Å². The molecule has 6 rings (SSSR count). The van der Waals surface area contributed by atoms with E-state index in [0.29, 0.717) is 0 Å². The largest absolute Gasteiger partial charge is 0.426 e. The number of carbonyl (C=O) groups excluding carboxylic acids is 1. The van der Waals surface area contributed by atoms with Crippen LogP contribution in [0.25, 0.3) is 0 Å². The highest BCUT2D eigenvalue weighted by molar-refractivity contribution is 5.80. The Morgan fingerprint density at radius 3 is 1.96 bits per heavy atom. The van der Waals surface area contributed by atoms with E-state index in [0.717, 1.165) is 67.0 Å². The second-order valence-electron chi connectivity index (χ2n) is 9.69. The molecule has 3 heteroatoms. The van der Waals surface area contributed by atoms with E-state index in [2.05, 4.69) is 30.9 Å². The second-order valence-corrected chi connectivity index (χ2v) is 9.69. The average Bonchev–Trinajstić information content (AvgIpc) is 3.11. The molecule has 3 nitrogen and oxygen atoms in total. The fourth-order valence-corrected chi connectivity index (χ4v) is 6.81. The molecule has 4 bridgehead atoms. The van der Waals surface area contributed by atoms with Crippen LogP contribution in [0.1, 0.15) is 62.5 Å². The van der Waals surface area contributed by atoms with Crippen molar-refractivity contribution < 1.29 is 9.53 Å².